The predicted octanol–water partition coefficient (Wildman–Crippen LogP) is 5.48. The third-order valence-corrected chi connectivity index (χ3v) is 6.43. The van der Waals surface area contributed by atoms with E-state index < -0.39 is 10.0 Å². The maximum Gasteiger partial charge on any atom is 0.255 e. The third-order valence-electron chi connectivity index (χ3n) is 5.08. The summed E-state index contributed by atoms with van der Waals surface area (Å²) in [4.78, 5) is 12.6. The van der Waals surface area contributed by atoms with Crippen molar-refractivity contribution in [3.63, 3.8) is 0 Å². The fourth-order valence-corrected chi connectivity index (χ4v) is 4.59. The summed E-state index contributed by atoms with van der Waals surface area (Å²) < 4.78 is 26.5. The van der Waals surface area contributed by atoms with Crippen LogP contribution in [0.4, 0.5) is 11.4 Å². The Morgan fingerprint density at radius 1 is 0.935 bits per heavy atom. The Morgan fingerprint density at radius 2 is 1.55 bits per heavy atom. The van der Waals surface area contributed by atoms with Gasteiger partial charge in [0.05, 0.1) is 18.5 Å². The molecule has 0 heterocycles. The van der Waals surface area contributed by atoms with Crippen molar-refractivity contribution in [3.8, 4) is 0 Å². The highest BCUT2D eigenvalue weighted by Crippen LogP contribution is 2.28. The minimum absolute atomic E-state index is 0.180. The summed E-state index contributed by atoms with van der Waals surface area (Å²) in [5, 5.41) is 3.41. The molecule has 0 saturated heterocycles. The number of nitrogens with zero attached hydrogens (tertiary/aromatic N) is 1. The van der Waals surface area contributed by atoms with Crippen LogP contribution in [0.1, 0.15) is 32.6 Å². The Balaban J connectivity index is 1.83. The van der Waals surface area contributed by atoms with Crippen molar-refractivity contribution in [1.29, 1.82) is 0 Å². The van der Waals surface area contributed by atoms with Gasteiger partial charge < -0.3 is 5.32 Å². The maximum absolute atomic E-state index is 12.6. The number of para-hydroxylation sites is 1. The van der Waals surface area contributed by atoms with Gasteiger partial charge in [-0.3, -0.25) is 9.10 Å². The van der Waals surface area contributed by atoms with E-state index in [1.165, 1.54) is 10.6 Å². The molecule has 1 amide bonds. The van der Waals surface area contributed by atoms with E-state index in [0.29, 0.717) is 22.0 Å². The molecule has 1 N–H and O–H groups in total. The van der Waals surface area contributed by atoms with Gasteiger partial charge in [0, 0.05) is 16.3 Å². The lowest BCUT2D eigenvalue weighted by Gasteiger charge is -2.26. The smallest absolute Gasteiger partial charge is 0.255 e. The summed E-state index contributed by atoms with van der Waals surface area (Å²) in [5.41, 5.74) is 5.27. The highest BCUT2D eigenvalue weighted by Gasteiger charge is 2.21. The van der Waals surface area contributed by atoms with Crippen LogP contribution in [0.3, 0.4) is 0 Å². The summed E-state index contributed by atoms with van der Waals surface area (Å²) in [6.07, 6.45) is 1.20. The fourth-order valence-electron chi connectivity index (χ4n) is 3.41. The van der Waals surface area contributed by atoms with Crippen molar-refractivity contribution < 1.29 is 13.2 Å². The molecule has 0 saturated carbocycles. The largest absolute Gasteiger partial charge is 0.322 e. The third kappa shape index (κ3) is 5.46. The van der Waals surface area contributed by atoms with Gasteiger partial charge in [-0.05, 0) is 67.3 Å². The van der Waals surface area contributed by atoms with Gasteiger partial charge in [-0.15, -0.1) is 0 Å². The molecule has 0 aromatic heterocycles. The van der Waals surface area contributed by atoms with Gasteiger partial charge in [-0.1, -0.05) is 48.0 Å². The molecule has 3 aromatic carbocycles. The van der Waals surface area contributed by atoms with Crippen LogP contribution in [0.2, 0.25) is 5.02 Å². The van der Waals surface area contributed by atoms with Crippen molar-refractivity contribution >= 4 is 38.9 Å². The maximum atomic E-state index is 12.6. The van der Waals surface area contributed by atoms with Gasteiger partial charge in [0.25, 0.3) is 5.91 Å². The highest BCUT2D eigenvalue weighted by molar-refractivity contribution is 7.92. The van der Waals surface area contributed by atoms with E-state index in [9.17, 15) is 13.2 Å². The number of amides is 1. The molecule has 0 aliphatic rings. The Bertz CT molecular complexity index is 1200. The van der Waals surface area contributed by atoms with Crippen molar-refractivity contribution in [2.24, 2.45) is 0 Å². The molecule has 3 aromatic rings. The molecule has 5 nitrogen and oxygen atoms in total. The van der Waals surface area contributed by atoms with E-state index in [4.69, 9.17) is 11.6 Å². The number of hydrogen-bond acceptors (Lipinski definition) is 3. The van der Waals surface area contributed by atoms with Crippen LogP contribution in [-0.4, -0.2) is 20.6 Å². The quantitative estimate of drug-likeness (QED) is 0.533. The molecule has 0 atom stereocenters. The average molecular weight is 457 g/mol. The number of hydrogen-bond donors (Lipinski definition) is 1. The molecule has 0 aliphatic heterocycles. The summed E-state index contributed by atoms with van der Waals surface area (Å²) in [7, 11) is -3.50. The molecule has 31 heavy (non-hydrogen) atoms. The van der Waals surface area contributed by atoms with Crippen LogP contribution in [0.25, 0.3) is 0 Å². The zero-order valence-corrected chi connectivity index (χ0v) is 19.5. The standard InChI is InChI=1S/C24H25ClN2O3S/c1-16-8-13-21(25)14-22(16)26-24(28)20-11-9-19(10-12-20)15-27(31(4,29)30)23-17(2)6-5-7-18(23)3/h5-14H,15H2,1-4H3,(H,26,28). The molecule has 0 fully saturated rings. The number of benzene rings is 3. The first-order valence-corrected chi connectivity index (χ1v) is 12.0. The van der Waals surface area contributed by atoms with Gasteiger partial charge in [0.15, 0.2) is 0 Å². The number of carbonyl (C=O) groups is 1. The molecule has 0 aliphatic carbocycles. The Labute approximate surface area is 188 Å². The van der Waals surface area contributed by atoms with Crippen LogP contribution in [0.15, 0.2) is 60.7 Å². The van der Waals surface area contributed by atoms with E-state index in [0.717, 1.165) is 22.3 Å². The van der Waals surface area contributed by atoms with E-state index >= 15 is 0 Å². The van der Waals surface area contributed by atoms with Crippen LogP contribution < -0.4 is 9.62 Å². The van der Waals surface area contributed by atoms with Crippen molar-refractivity contribution in [2.75, 3.05) is 15.9 Å². The first-order valence-electron chi connectivity index (χ1n) is 9.76. The minimum atomic E-state index is -3.50. The number of rotatable bonds is 6. The molecule has 7 heteroatoms. The van der Waals surface area contributed by atoms with Gasteiger partial charge >= 0.3 is 0 Å². The van der Waals surface area contributed by atoms with E-state index in [2.05, 4.69) is 5.32 Å². The number of nitrogens with one attached hydrogen (secondary N) is 1. The number of halogens is 1. The van der Waals surface area contributed by atoms with Gasteiger partial charge in [-0.25, -0.2) is 8.42 Å². The van der Waals surface area contributed by atoms with Gasteiger partial charge in [0.1, 0.15) is 0 Å². The van der Waals surface area contributed by atoms with E-state index in [-0.39, 0.29) is 12.5 Å². The summed E-state index contributed by atoms with van der Waals surface area (Å²) >= 11 is 6.02. The monoisotopic (exact) mass is 456 g/mol. The van der Waals surface area contributed by atoms with Crippen molar-refractivity contribution in [2.45, 2.75) is 27.3 Å². The second-order valence-electron chi connectivity index (χ2n) is 7.62. The topological polar surface area (TPSA) is 66.5 Å². The Kier molecular flexibility index (Phi) is 6.72. The zero-order chi connectivity index (χ0) is 22.8. The summed E-state index contributed by atoms with van der Waals surface area (Å²) in [5.74, 6) is -0.258. The summed E-state index contributed by atoms with van der Waals surface area (Å²) in [6.45, 7) is 5.86. The van der Waals surface area contributed by atoms with E-state index in [1.807, 2.05) is 45.0 Å². The normalized spacial score (nSPS) is 11.3. The molecule has 3 rings (SSSR count). The van der Waals surface area contributed by atoms with Crippen LogP contribution in [0.5, 0.6) is 0 Å². The predicted molar refractivity (Wildman–Crippen MR) is 128 cm³/mol. The lowest BCUT2D eigenvalue weighted by Crippen LogP contribution is -2.30. The molecule has 0 unspecified atom stereocenters. The second-order valence-corrected chi connectivity index (χ2v) is 9.96. The first kappa shape index (κ1) is 22.8. The lowest BCUT2D eigenvalue weighted by atomic mass is 10.1. The van der Waals surface area contributed by atoms with Crippen molar-refractivity contribution in [1.82, 2.24) is 0 Å². The zero-order valence-electron chi connectivity index (χ0n) is 17.9. The SMILES string of the molecule is Cc1ccc(Cl)cc1NC(=O)c1ccc(CN(c2c(C)cccc2C)S(C)(=O)=O)cc1. The average Bonchev–Trinajstić information content (AvgIpc) is 2.69. The van der Waals surface area contributed by atoms with E-state index in [1.54, 1.807) is 36.4 Å². The second kappa shape index (κ2) is 9.12. The first-order chi connectivity index (χ1) is 14.6. The number of carbonyl (C=O) groups excluding carboxylic acids is 1. The minimum Gasteiger partial charge on any atom is -0.322 e. The highest BCUT2D eigenvalue weighted by atomic mass is 35.5. The number of sulfonamides is 1. The van der Waals surface area contributed by atoms with Gasteiger partial charge in [-0.2, -0.15) is 0 Å². The molecule has 162 valence electrons. The molecule has 0 radical (unpaired) electrons. The molecule has 0 bridgehead atoms. The van der Waals surface area contributed by atoms with Crippen LogP contribution in [0, 0.1) is 20.8 Å². The molecular weight excluding hydrogens is 432 g/mol. The lowest BCUT2D eigenvalue weighted by molar-refractivity contribution is 0.102. The molecular formula is C24H25ClN2O3S. The van der Waals surface area contributed by atoms with Crippen LogP contribution in [-0.2, 0) is 16.6 Å². The van der Waals surface area contributed by atoms with Crippen LogP contribution >= 0.6 is 11.6 Å². The molecule has 0 spiro atoms. The summed E-state index contributed by atoms with van der Waals surface area (Å²) in [6, 6.07) is 17.9. The Hall–Kier alpha value is -2.83. The Morgan fingerprint density at radius 3 is 2.13 bits per heavy atom. The fraction of sp³-hybridized carbons (Fsp3) is 0.208. The number of anilines is 2. The van der Waals surface area contributed by atoms with Gasteiger partial charge in [0.2, 0.25) is 10.0 Å². The number of aryl methyl sites for hydroxylation is 3. The van der Waals surface area contributed by atoms with Crippen molar-refractivity contribution in [3.05, 3.63) is 93.5 Å².